The predicted octanol–water partition coefficient (Wildman–Crippen LogP) is 4.25. The van der Waals surface area contributed by atoms with Gasteiger partial charge in [-0.15, -0.1) is 0 Å². The summed E-state index contributed by atoms with van der Waals surface area (Å²) in [5, 5.41) is 5.19. The summed E-state index contributed by atoms with van der Waals surface area (Å²) in [6.45, 7) is 4.31. The monoisotopic (exact) mass is 501 g/mol. The molecule has 0 radical (unpaired) electrons. The van der Waals surface area contributed by atoms with Gasteiger partial charge in [0.2, 0.25) is 0 Å². The molecule has 1 amide bonds. The molecule has 2 saturated heterocycles. The van der Waals surface area contributed by atoms with E-state index in [1.165, 1.54) is 18.2 Å². The number of fused-ring (bicyclic) bond motifs is 5. The normalized spacial score (nSPS) is 25.9. The maximum Gasteiger partial charge on any atom is 0.258 e. The van der Waals surface area contributed by atoms with Crippen LogP contribution in [0.3, 0.4) is 0 Å². The third-order valence-electron chi connectivity index (χ3n) is 7.82. The van der Waals surface area contributed by atoms with E-state index in [9.17, 15) is 9.18 Å². The highest BCUT2D eigenvalue weighted by molar-refractivity contribution is 6.31. The average Bonchev–Trinajstić information content (AvgIpc) is 3.47. The molecular formula is C25H26ClF2N5O2. The van der Waals surface area contributed by atoms with Gasteiger partial charge in [-0.2, -0.15) is 5.10 Å². The molecule has 2 aromatic heterocycles. The molecule has 3 aliphatic rings. The summed E-state index contributed by atoms with van der Waals surface area (Å²) in [5.41, 5.74) is 4.00. The minimum Gasteiger partial charge on any atom is -0.486 e. The number of ether oxygens (including phenoxy) is 1. The maximum absolute atomic E-state index is 15.2. The summed E-state index contributed by atoms with van der Waals surface area (Å²) in [4.78, 5) is 21.8. The van der Waals surface area contributed by atoms with Crippen molar-refractivity contribution >= 4 is 23.2 Å². The van der Waals surface area contributed by atoms with E-state index in [-0.39, 0.29) is 35.8 Å². The third kappa shape index (κ3) is 3.50. The number of carbonyl (C=O) groups excluding carboxylic acids is 1. The Morgan fingerprint density at radius 3 is 2.83 bits per heavy atom. The molecule has 5 heterocycles. The van der Waals surface area contributed by atoms with Crippen LogP contribution in [0.4, 0.5) is 8.78 Å². The molecule has 0 N–H and O–H groups in total. The summed E-state index contributed by atoms with van der Waals surface area (Å²) >= 11 is 6.33. The smallest absolute Gasteiger partial charge is 0.258 e. The average molecular weight is 502 g/mol. The lowest BCUT2D eigenvalue weighted by Gasteiger charge is -2.39. The van der Waals surface area contributed by atoms with Gasteiger partial charge in [0.05, 0.1) is 40.8 Å². The van der Waals surface area contributed by atoms with Crippen LogP contribution in [0.1, 0.15) is 52.3 Å². The number of benzene rings is 1. The van der Waals surface area contributed by atoms with Crippen molar-refractivity contribution in [1.29, 1.82) is 0 Å². The number of amides is 1. The molecule has 0 spiro atoms. The standard InChI is InChI=1S/C25H26ClF2N5O2/c1-12-22(26)13(2)33-24(29-12)17-10-32(11-18(17)30-33)25(34)16-6-4-14(27)8-20(16)35-21-9-15-5-7-19(23(21)28)31(15)3/h4,6,8,15,19,21,23H,5,7,9-11H2,1-3H3/t15-,19+,21+,23?/m0/s1. The Morgan fingerprint density at radius 2 is 2.03 bits per heavy atom. The van der Waals surface area contributed by atoms with Crippen molar-refractivity contribution in [3.05, 3.63) is 57.2 Å². The number of alkyl halides is 1. The number of hydrogen-bond acceptors (Lipinski definition) is 5. The molecule has 1 aromatic carbocycles. The van der Waals surface area contributed by atoms with Gasteiger partial charge in [-0.3, -0.25) is 9.69 Å². The van der Waals surface area contributed by atoms with Crippen LogP contribution in [-0.4, -0.2) is 61.7 Å². The number of halogens is 3. The van der Waals surface area contributed by atoms with E-state index in [0.29, 0.717) is 29.3 Å². The minimum absolute atomic E-state index is 0.0852. The lowest BCUT2D eigenvalue weighted by molar-refractivity contribution is -0.0116. The van der Waals surface area contributed by atoms with Gasteiger partial charge in [0.15, 0.2) is 11.8 Å². The molecule has 0 saturated carbocycles. The van der Waals surface area contributed by atoms with Gasteiger partial charge < -0.3 is 9.64 Å². The van der Waals surface area contributed by atoms with E-state index in [1.807, 2.05) is 20.9 Å². The number of aromatic nitrogens is 3. The Kier molecular flexibility index (Phi) is 5.27. The Hall–Kier alpha value is -2.78. The first-order valence-electron chi connectivity index (χ1n) is 11.9. The van der Waals surface area contributed by atoms with Crippen molar-refractivity contribution in [2.75, 3.05) is 7.05 Å². The number of piperidine rings is 1. The molecule has 10 heteroatoms. The molecule has 35 heavy (non-hydrogen) atoms. The molecule has 4 atom stereocenters. The van der Waals surface area contributed by atoms with Gasteiger partial charge in [-0.25, -0.2) is 18.3 Å². The second-order valence-electron chi connectivity index (χ2n) is 9.86. The highest BCUT2D eigenvalue weighted by Crippen LogP contribution is 2.39. The van der Waals surface area contributed by atoms with E-state index in [2.05, 4.69) is 15.0 Å². The molecule has 3 aromatic rings. The number of aryl methyl sites for hydroxylation is 2. The predicted molar refractivity (Wildman–Crippen MR) is 126 cm³/mol. The summed E-state index contributed by atoms with van der Waals surface area (Å²) < 4.78 is 37.1. The van der Waals surface area contributed by atoms with Crippen molar-refractivity contribution < 1.29 is 18.3 Å². The molecule has 2 fully saturated rings. The highest BCUT2D eigenvalue weighted by Gasteiger charge is 2.47. The molecule has 3 aliphatic heterocycles. The van der Waals surface area contributed by atoms with Crippen LogP contribution in [0.5, 0.6) is 5.75 Å². The Labute approximate surface area is 206 Å². The topological polar surface area (TPSA) is 63.0 Å². The Bertz CT molecular complexity index is 1360. The number of hydrogen-bond donors (Lipinski definition) is 0. The van der Waals surface area contributed by atoms with Gasteiger partial charge in [0.25, 0.3) is 5.91 Å². The number of nitrogens with zero attached hydrogens (tertiary/aromatic N) is 5. The molecule has 6 rings (SSSR count). The van der Waals surface area contributed by atoms with E-state index in [0.717, 1.165) is 29.8 Å². The van der Waals surface area contributed by atoms with E-state index < -0.39 is 18.1 Å². The fraction of sp³-hybridized carbons (Fsp3) is 0.480. The lowest BCUT2D eigenvalue weighted by atomic mass is 9.98. The van der Waals surface area contributed by atoms with Crippen LogP contribution in [0.15, 0.2) is 18.2 Å². The SMILES string of the molecule is Cc1nc2c3c(nn2c(C)c1Cl)CN(C(=O)c1ccc(F)cc1O[C@@H]1C[C@@H]2CC[C@H](C1F)N2C)C3. The van der Waals surface area contributed by atoms with Crippen molar-refractivity contribution in [1.82, 2.24) is 24.4 Å². The number of carbonyl (C=O) groups is 1. The minimum atomic E-state index is -1.20. The zero-order valence-corrected chi connectivity index (χ0v) is 20.5. The zero-order valence-electron chi connectivity index (χ0n) is 19.8. The van der Waals surface area contributed by atoms with Crippen molar-refractivity contribution in [3.63, 3.8) is 0 Å². The van der Waals surface area contributed by atoms with E-state index in [4.69, 9.17) is 16.3 Å². The third-order valence-corrected chi connectivity index (χ3v) is 8.36. The lowest BCUT2D eigenvalue weighted by Crippen LogP contribution is -2.52. The first-order chi connectivity index (χ1) is 16.7. The summed E-state index contributed by atoms with van der Waals surface area (Å²) in [6, 6.07) is 3.86. The van der Waals surface area contributed by atoms with Crippen LogP contribution in [0, 0.1) is 19.7 Å². The second-order valence-corrected chi connectivity index (χ2v) is 10.2. The van der Waals surface area contributed by atoms with Crippen molar-refractivity contribution in [3.8, 4) is 5.75 Å². The Balaban J connectivity index is 1.27. The zero-order chi connectivity index (χ0) is 24.6. The van der Waals surface area contributed by atoms with Crippen LogP contribution in [0.2, 0.25) is 5.02 Å². The van der Waals surface area contributed by atoms with Crippen LogP contribution in [-0.2, 0) is 13.1 Å². The second kappa shape index (κ2) is 8.13. The van der Waals surface area contributed by atoms with Gasteiger partial charge in [0, 0.05) is 30.1 Å². The van der Waals surface area contributed by atoms with Gasteiger partial charge in [-0.05, 0) is 45.9 Å². The van der Waals surface area contributed by atoms with Crippen molar-refractivity contribution in [2.45, 2.75) is 70.6 Å². The molecule has 0 aliphatic carbocycles. The van der Waals surface area contributed by atoms with Gasteiger partial charge in [-0.1, -0.05) is 11.6 Å². The summed E-state index contributed by atoms with van der Waals surface area (Å²) in [5.74, 6) is -0.760. The molecular weight excluding hydrogens is 476 g/mol. The van der Waals surface area contributed by atoms with E-state index >= 15 is 4.39 Å². The quantitative estimate of drug-likeness (QED) is 0.537. The fourth-order valence-electron chi connectivity index (χ4n) is 5.83. The summed E-state index contributed by atoms with van der Waals surface area (Å²) in [7, 11) is 1.94. The number of rotatable bonds is 3. The van der Waals surface area contributed by atoms with Crippen LogP contribution < -0.4 is 4.74 Å². The van der Waals surface area contributed by atoms with Crippen molar-refractivity contribution in [2.24, 2.45) is 0 Å². The largest absolute Gasteiger partial charge is 0.486 e. The molecule has 2 bridgehead atoms. The van der Waals surface area contributed by atoms with Gasteiger partial charge in [0.1, 0.15) is 17.7 Å². The Morgan fingerprint density at radius 1 is 1.23 bits per heavy atom. The maximum atomic E-state index is 15.2. The molecule has 1 unspecified atom stereocenters. The fourth-order valence-corrected chi connectivity index (χ4v) is 5.95. The molecule has 7 nitrogen and oxygen atoms in total. The van der Waals surface area contributed by atoms with Crippen LogP contribution >= 0.6 is 11.6 Å². The van der Waals surface area contributed by atoms with E-state index in [1.54, 1.807) is 9.42 Å². The van der Waals surface area contributed by atoms with Crippen LogP contribution in [0.25, 0.3) is 5.65 Å². The first-order valence-corrected chi connectivity index (χ1v) is 12.3. The highest BCUT2D eigenvalue weighted by atomic mass is 35.5. The summed E-state index contributed by atoms with van der Waals surface area (Å²) in [6.07, 6.45) is 0.305. The first kappa shape index (κ1) is 22.7. The van der Waals surface area contributed by atoms with Gasteiger partial charge >= 0.3 is 0 Å². The molecule has 184 valence electrons.